The fraction of sp³-hybridized carbons (Fsp3) is 0.500. The van der Waals surface area contributed by atoms with Crippen molar-refractivity contribution in [2.24, 2.45) is 5.92 Å². The second-order valence-electron chi connectivity index (χ2n) is 7.75. The van der Waals surface area contributed by atoms with Gasteiger partial charge in [-0.1, -0.05) is 24.3 Å². The van der Waals surface area contributed by atoms with Crippen LogP contribution in [-0.4, -0.2) is 41.9 Å². The minimum Gasteiger partial charge on any atom is -0.472 e. The highest BCUT2D eigenvalue weighted by Crippen LogP contribution is 2.23. The summed E-state index contributed by atoms with van der Waals surface area (Å²) in [6.45, 7) is 5.29. The normalized spacial score (nSPS) is 19.2. The van der Waals surface area contributed by atoms with Crippen LogP contribution in [0.15, 0.2) is 47.3 Å². The third-order valence-corrected chi connectivity index (χ3v) is 5.82. The van der Waals surface area contributed by atoms with Crippen molar-refractivity contribution in [1.29, 1.82) is 0 Å². The standard InChI is InChI=1S/C22H28N2O2/c25-22(21-9-14-26-17-21)24-12-7-19(8-13-24)15-18-3-5-20(6-4-18)16-23-10-1-2-11-23/h3-6,9,14,17,19H,1-2,7-8,10-13,15-16H2. The minimum atomic E-state index is 0.100. The van der Waals surface area contributed by atoms with E-state index < -0.39 is 0 Å². The van der Waals surface area contributed by atoms with Crippen LogP contribution in [0.3, 0.4) is 0 Å². The summed E-state index contributed by atoms with van der Waals surface area (Å²) in [6.07, 6.45) is 9.08. The molecule has 0 aliphatic carbocycles. The molecule has 4 rings (SSSR count). The van der Waals surface area contributed by atoms with Crippen molar-refractivity contribution >= 4 is 5.91 Å². The lowest BCUT2D eigenvalue weighted by atomic mass is 9.89. The van der Waals surface area contributed by atoms with Gasteiger partial charge in [-0.3, -0.25) is 9.69 Å². The van der Waals surface area contributed by atoms with E-state index in [9.17, 15) is 4.79 Å². The fourth-order valence-corrected chi connectivity index (χ4v) is 4.22. The van der Waals surface area contributed by atoms with Crippen LogP contribution < -0.4 is 0 Å². The van der Waals surface area contributed by atoms with Crippen molar-refractivity contribution in [2.45, 2.75) is 38.6 Å². The van der Waals surface area contributed by atoms with Gasteiger partial charge in [0.2, 0.25) is 0 Å². The molecule has 3 heterocycles. The summed E-state index contributed by atoms with van der Waals surface area (Å²) in [5, 5.41) is 0. The zero-order valence-electron chi connectivity index (χ0n) is 15.4. The molecular formula is C22H28N2O2. The predicted molar refractivity (Wildman–Crippen MR) is 102 cm³/mol. The highest BCUT2D eigenvalue weighted by molar-refractivity contribution is 5.93. The third kappa shape index (κ3) is 4.18. The Labute approximate surface area is 155 Å². The van der Waals surface area contributed by atoms with Crippen molar-refractivity contribution in [3.63, 3.8) is 0 Å². The summed E-state index contributed by atoms with van der Waals surface area (Å²) in [4.78, 5) is 16.9. The maximum atomic E-state index is 12.4. The Morgan fingerprint density at radius 1 is 0.962 bits per heavy atom. The Kier molecular flexibility index (Phi) is 5.40. The Balaban J connectivity index is 1.25. The van der Waals surface area contributed by atoms with Gasteiger partial charge in [-0.2, -0.15) is 0 Å². The van der Waals surface area contributed by atoms with Gasteiger partial charge in [0, 0.05) is 19.6 Å². The molecule has 0 radical (unpaired) electrons. The second-order valence-corrected chi connectivity index (χ2v) is 7.75. The minimum absolute atomic E-state index is 0.100. The van der Waals surface area contributed by atoms with Gasteiger partial charge in [-0.05, 0) is 68.3 Å². The SMILES string of the molecule is O=C(c1ccoc1)N1CCC(Cc2ccc(CN3CCCC3)cc2)CC1. The van der Waals surface area contributed by atoms with E-state index in [1.54, 1.807) is 12.3 Å². The molecule has 0 N–H and O–H groups in total. The maximum absolute atomic E-state index is 12.4. The number of hydrogen-bond acceptors (Lipinski definition) is 3. The molecule has 0 spiro atoms. The zero-order valence-corrected chi connectivity index (χ0v) is 15.4. The summed E-state index contributed by atoms with van der Waals surface area (Å²) in [5.41, 5.74) is 3.52. The average Bonchev–Trinajstić information content (AvgIpc) is 3.37. The predicted octanol–water partition coefficient (Wildman–Crippen LogP) is 3.97. The Hall–Kier alpha value is -2.07. The lowest BCUT2D eigenvalue weighted by Crippen LogP contribution is -2.38. The first kappa shape index (κ1) is 17.3. The van der Waals surface area contributed by atoms with Crippen LogP contribution in [0.1, 0.15) is 47.2 Å². The zero-order chi connectivity index (χ0) is 17.8. The molecule has 4 heteroatoms. The summed E-state index contributed by atoms with van der Waals surface area (Å²) < 4.78 is 5.03. The summed E-state index contributed by atoms with van der Waals surface area (Å²) >= 11 is 0. The largest absolute Gasteiger partial charge is 0.472 e. The molecule has 0 saturated carbocycles. The van der Waals surface area contributed by atoms with Gasteiger partial charge in [-0.25, -0.2) is 0 Å². The number of nitrogens with zero attached hydrogens (tertiary/aromatic N) is 2. The van der Waals surface area contributed by atoms with Gasteiger partial charge in [-0.15, -0.1) is 0 Å². The second kappa shape index (κ2) is 8.09. The average molecular weight is 352 g/mol. The molecule has 2 fully saturated rings. The van der Waals surface area contributed by atoms with E-state index in [0.29, 0.717) is 11.5 Å². The van der Waals surface area contributed by atoms with Crippen LogP contribution in [0, 0.1) is 5.92 Å². The highest BCUT2D eigenvalue weighted by Gasteiger charge is 2.24. The van der Waals surface area contributed by atoms with Gasteiger partial charge in [0.05, 0.1) is 11.8 Å². The van der Waals surface area contributed by atoms with E-state index in [4.69, 9.17) is 4.42 Å². The van der Waals surface area contributed by atoms with Crippen molar-refractivity contribution in [3.8, 4) is 0 Å². The molecule has 2 aliphatic rings. The highest BCUT2D eigenvalue weighted by atomic mass is 16.3. The number of furan rings is 1. The smallest absolute Gasteiger partial charge is 0.257 e. The van der Waals surface area contributed by atoms with Crippen LogP contribution in [0.5, 0.6) is 0 Å². The molecule has 0 unspecified atom stereocenters. The monoisotopic (exact) mass is 352 g/mol. The fourth-order valence-electron chi connectivity index (χ4n) is 4.22. The summed E-state index contributed by atoms with van der Waals surface area (Å²) in [7, 11) is 0. The molecule has 0 bridgehead atoms. The van der Waals surface area contributed by atoms with Crippen molar-refractivity contribution in [1.82, 2.24) is 9.80 Å². The number of likely N-dealkylation sites (tertiary alicyclic amines) is 2. The van der Waals surface area contributed by atoms with Crippen molar-refractivity contribution in [3.05, 3.63) is 59.5 Å². The lowest BCUT2D eigenvalue weighted by Gasteiger charge is -2.32. The maximum Gasteiger partial charge on any atom is 0.257 e. The number of carbonyl (C=O) groups is 1. The number of carbonyl (C=O) groups excluding carboxylic acids is 1. The first-order valence-corrected chi connectivity index (χ1v) is 9.89. The van der Waals surface area contributed by atoms with E-state index in [1.165, 1.54) is 43.3 Å². The molecule has 2 saturated heterocycles. The van der Waals surface area contributed by atoms with Crippen LogP contribution in [0.25, 0.3) is 0 Å². The van der Waals surface area contributed by atoms with Gasteiger partial charge in [0.25, 0.3) is 5.91 Å². The first-order valence-electron chi connectivity index (χ1n) is 9.89. The molecule has 2 aliphatic heterocycles. The lowest BCUT2D eigenvalue weighted by molar-refractivity contribution is 0.0690. The van der Waals surface area contributed by atoms with E-state index in [0.717, 1.165) is 38.9 Å². The number of benzene rings is 1. The Morgan fingerprint density at radius 3 is 2.31 bits per heavy atom. The summed E-state index contributed by atoms with van der Waals surface area (Å²) in [5.74, 6) is 0.774. The van der Waals surface area contributed by atoms with Crippen LogP contribution >= 0.6 is 0 Å². The van der Waals surface area contributed by atoms with Gasteiger partial charge in [0.15, 0.2) is 0 Å². The van der Waals surface area contributed by atoms with Gasteiger partial charge < -0.3 is 9.32 Å². The molecule has 1 amide bonds. The quantitative estimate of drug-likeness (QED) is 0.817. The number of rotatable bonds is 5. The van der Waals surface area contributed by atoms with E-state index in [-0.39, 0.29) is 5.91 Å². The van der Waals surface area contributed by atoms with E-state index >= 15 is 0 Å². The molecular weight excluding hydrogens is 324 g/mol. The van der Waals surface area contributed by atoms with Crippen LogP contribution in [0.4, 0.5) is 0 Å². The molecule has 138 valence electrons. The third-order valence-electron chi connectivity index (χ3n) is 5.82. The summed E-state index contributed by atoms with van der Waals surface area (Å²) in [6, 6.07) is 10.9. The molecule has 1 aromatic heterocycles. The van der Waals surface area contributed by atoms with Crippen molar-refractivity contribution in [2.75, 3.05) is 26.2 Å². The van der Waals surface area contributed by atoms with Gasteiger partial charge >= 0.3 is 0 Å². The van der Waals surface area contributed by atoms with Crippen LogP contribution in [-0.2, 0) is 13.0 Å². The first-order chi connectivity index (χ1) is 12.8. The Bertz CT molecular complexity index is 694. The van der Waals surface area contributed by atoms with Crippen molar-refractivity contribution < 1.29 is 9.21 Å². The molecule has 0 atom stereocenters. The van der Waals surface area contributed by atoms with Gasteiger partial charge in [0.1, 0.15) is 6.26 Å². The van der Waals surface area contributed by atoms with Crippen LogP contribution in [0.2, 0.25) is 0 Å². The number of hydrogen-bond donors (Lipinski definition) is 0. The number of piperidine rings is 1. The van der Waals surface area contributed by atoms with E-state index in [2.05, 4.69) is 29.2 Å². The molecule has 26 heavy (non-hydrogen) atoms. The Morgan fingerprint density at radius 2 is 1.65 bits per heavy atom. The molecule has 2 aromatic rings. The van der Waals surface area contributed by atoms with E-state index in [1.807, 2.05) is 4.90 Å². The topological polar surface area (TPSA) is 36.7 Å². The number of amides is 1. The molecule has 1 aromatic carbocycles. The molecule has 4 nitrogen and oxygen atoms in total.